The van der Waals surface area contributed by atoms with Crippen LogP contribution >= 0.6 is 15.9 Å². The highest BCUT2D eigenvalue weighted by Crippen LogP contribution is 2.30. The minimum Gasteiger partial charge on any atom is -0.438 e. The molecule has 3 aromatic rings. The zero-order chi connectivity index (χ0) is 13.2. The van der Waals surface area contributed by atoms with Crippen LogP contribution in [0.25, 0.3) is 11.2 Å². The second-order valence-corrected chi connectivity index (χ2v) is 4.69. The van der Waals surface area contributed by atoms with Gasteiger partial charge in [-0.05, 0) is 34.1 Å². The van der Waals surface area contributed by atoms with Crippen LogP contribution in [-0.2, 0) is 0 Å². The van der Waals surface area contributed by atoms with E-state index in [1.165, 1.54) is 0 Å². The van der Waals surface area contributed by atoms with Gasteiger partial charge in [0.1, 0.15) is 11.3 Å². The van der Waals surface area contributed by atoms with Crippen molar-refractivity contribution in [2.45, 2.75) is 0 Å². The molecule has 5 nitrogen and oxygen atoms in total. The van der Waals surface area contributed by atoms with Crippen LogP contribution in [-0.4, -0.2) is 15.0 Å². The lowest BCUT2D eigenvalue weighted by Gasteiger charge is -2.07. The average molecular weight is 317 g/mol. The number of halogens is 1. The molecule has 94 valence electrons. The van der Waals surface area contributed by atoms with E-state index in [4.69, 9.17) is 10.5 Å². The molecule has 3 rings (SSSR count). The van der Waals surface area contributed by atoms with Crippen LogP contribution in [0.5, 0.6) is 11.6 Å². The molecule has 0 atom stereocenters. The fourth-order valence-corrected chi connectivity index (χ4v) is 1.93. The van der Waals surface area contributed by atoms with Gasteiger partial charge in [-0.2, -0.15) is 4.98 Å². The largest absolute Gasteiger partial charge is 0.438 e. The molecule has 0 aliphatic carbocycles. The normalized spacial score (nSPS) is 10.6. The molecule has 0 aliphatic rings. The van der Waals surface area contributed by atoms with Gasteiger partial charge in [-0.15, -0.1) is 0 Å². The second kappa shape index (κ2) is 4.81. The molecule has 1 aromatic carbocycles. The number of aromatic nitrogens is 3. The second-order valence-electron chi connectivity index (χ2n) is 3.84. The van der Waals surface area contributed by atoms with Crippen LogP contribution in [0.1, 0.15) is 0 Å². The highest BCUT2D eigenvalue weighted by molar-refractivity contribution is 9.10. The number of pyridine rings is 1. The molecular weight excluding hydrogens is 308 g/mol. The number of fused-ring (bicyclic) bond motifs is 1. The van der Waals surface area contributed by atoms with Gasteiger partial charge in [-0.1, -0.05) is 0 Å². The van der Waals surface area contributed by atoms with Crippen molar-refractivity contribution in [3.05, 3.63) is 47.2 Å². The first-order chi connectivity index (χ1) is 9.22. The summed E-state index contributed by atoms with van der Waals surface area (Å²) < 4.78 is 6.50. The number of ether oxygens (including phenoxy) is 1. The van der Waals surface area contributed by atoms with E-state index in [-0.39, 0.29) is 0 Å². The molecule has 0 saturated heterocycles. The van der Waals surface area contributed by atoms with Gasteiger partial charge >= 0.3 is 0 Å². The first-order valence-corrected chi connectivity index (χ1v) is 6.32. The quantitative estimate of drug-likeness (QED) is 0.735. The Hall–Kier alpha value is -2.21. The summed E-state index contributed by atoms with van der Waals surface area (Å²) in [5.41, 5.74) is 7.62. The van der Waals surface area contributed by atoms with E-state index in [0.29, 0.717) is 23.0 Å². The summed E-state index contributed by atoms with van der Waals surface area (Å²) in [4.78, 5) is 12.6. The molecule has 6 heteroatoms. The van der Waals surface area contributed by atoms with E-state index in [2.05, 4.69) is 30.9 Å². The lowest BCUT2D eigenvalue weighted by Crippen LogP contribution is -1.93. The molecular formula is C13H9BrN4O. The van der Waals surface area contributed by atoms with Crippen LogP contribution in [0.3, 0.4) is 0 Å². The topological polar surface area (TPSA) is 73.9 Å². The summed E-state index contributed by atoms with van der Waals surface area (Å²) in [5.74, 6) is 1.05. The summed E-state index contributed by atoms with van der Waals surface area (Å²) in [7, 11) is 0. The summed E-state index contributed by atoms with van der Waals surface area (Å²) in [6, 6.07) is 8.89. The highest BCUT2D eigenvalue weighted by Gasteiger charge is 2.06. The fraction of sp³-hybridized carbons (Fsp3) is 0. The van der Waals surface area contributed by atoms with E-state index in [1.807, 2.05) is 12.1 Å². The number of nitrogens with two attached hydrogens (primary N) is 1. The Morgan fingerprint density at radius 2 is 1.89 bits per heavy atom. The number of anilines is 1. The van der Waals surface area contributed by atoms with Crippen LogP contribution in [0.4, 0.5) is 5.69 Å². The van der Waals surface area contributed by atoms with E-state index < -0.39 is 0 Å². The maximum Gasteiger partial charge on any atom is 0.221 e. The van der Waals surface area contributed by atoms with E-state index in [1.54, 1.807) is 30.6 Å². The molecule has 2 N–H and O–H groups in total. The Labute approximate surface area is 117 Å². The third kappa shape index (κ3) is 2.48. The van der Waals surface area contributed by atoms with Crippen molar-refractivity contribution in [2.75, 3.05) is 5.73 Å². The van der Waals surface area contributed by atoms with E-state index >= 15 is 0 Å². The summed E-state index contributed by atoms with van der Waals surface area (Å²) >= 11 is 3.40. The lowest BCUT2D eigenvalue weighted by atomic mass is 10.3. The van der Waals surface area contributed by atoms with Gasteiger partial charge in [0.25, 0.3) is 0 Å². The van der Waals surface area contributed by atoms with Gasteiger partial charge in [-0.3, -0.25) is 4.98 Å². The van der Waals surface area contributed by atoms with Gasteiger partial charge in [-0.25, -0.2) is 4.98 Å². The van der Waals surface area contributed by atoms with Crippen molar-refractivity contribution >= 4 is 32.8 Å². The first kappa shape index (κ1) is 11.9. The Morgan fingerprint density at radius 1 is 1.05 bits per heavy atom. The monoisotopic (exact) mass is 316 g/mol. The van der Waals surface area contributed by atoms with Crippen LogP contribution < -0.4 is 10.5 Å². The zero-order valence-electron chi connectivity index (χ0n) is 9.75. The van der Waals surface area contributed by atoms with Crippen molar-refractivity contribution in [3.63, 3.8) is 0 Å². The standard InChI is InChI=1S/C13H9BrN4O/c14-9-2-1-8(15)7-11(9)19-12-4-3-10-13(18-12)17-6-5-16-10/h1-7H,15H2. The number of hydrogen-bond acceptors (Lipinski definition) is 5. The molecule has 0 spiro atoms. The Bertz CT molecular complexity index is 748. The number of nitrogen functional groups attached to an aromatic ring is 1. The van der Waals surface area contributed by atoms with Crippen LogP contribution in [0.2, 0.25) is 0 Å². The minimum atomic E-state index is 0.444. The number of rotatable bonds is 2. The van der Waals surface area contributed by atoms with E-state index in [9.17, 15) is 0 Å². The molecule has 0 fully saturated rings. The SMILES string of the molecule is Nc1ccc(Br)c(Oc2ccc3nccnc3n2)c1. The molecule has 0 amide bonds. The van der Waals surface area contributed by atoms with Gasteiger partial charge in [0.2, 0.25) is 5.88 Å². The number of benzene rings is 1. The van der Waals surface area contributed by atoms with Crippen molar-refractivity contribution in [1.82, 2.24) is 15.0 Å². The van der Waals surface area contributed by atoms with Crippen molar-refractivity contribution < 1.29 is 4.74 Å². The van der Waals surface area contributed by atoms with Gasteiger partial charge in [0.15, 0.2) is 5.65 Å². The third-order valence-corrected chi connectivity index (χ3v) is 3.13. The van der Waals surface area contributed by atoms with Gasteiger partial charge < -0.3 is 10.5 Å². The molecule has 0 radical (unpaired) electrons. The van der Waals surface area contributed by atoms with Crippen molar-refractivity contribution in [1.29, 1.82) is 0 Å². The highest BCUT2D eigenvalue weighted by atomic mass is 79.9. The van der Waals surface area contributed by atoms with Crippen molar-refractivity contribution in [3.8, 4) is 11.6 Å². The predicted octanol–water partition coefficient (Wildman–Crippen LogP) is 3.16. The lowest BCUT2D eigenvalue weighted by molar-refractivity contribution is 0.462. The molecule has 0 saturated carbocycles. The molecule has 2 heterocycles. The maximum absolute atomic E-state index is 5.73. The van der Waals surface area contributed by atoms with Crippen molar-refractivity contribution in [2.24, 2.45) is 0 Å². The molecule has 0 unspecified atom stereocenters. The summed E-state index contributed by atoms with van der Waals surface area (Å²) in [6.07, 6.45) is 3.22. The summed E-state index contributed by atoms with van der Waals surface area (Å²) in [5, 5.41) is 0. The van der Waals surface area contributed by atoms with Gasteiger partial charge in [0.05, 0.1) is 4.47 Å². The Kier molecular flexibility index (Phi) is 3.00. The van der Waals surface area contributed by atoms with Crippen LogP contribution in [0, 0.1) is 0 Å². The molecule has 0 bridgehead atoms. The molecule has 19 heavy (non-hydrogen) atoms. The third-order valence-electron chi connectivity index (χ3n) is 2.48. The number of nitrogens with zero attached hydrogens (tertiary/aromatic N) is 3. The smallest absolute Gasteiger partial charge is 0.221 e. The minimum absolute atomic E-state index is 0.444. The summed E-state index contributed by atoms with van der Waals surface area (Å²) in [6.45, 7) is 0. The fourth-order valence-electron chi connectivity index (χ4n) is 1.60. The maximum atomic E-state index is 5.73. The van der Waals surface area contributed by atoms with Gasteiger partial charge in [0, 0.05) is 30.2 Å². The Morgan fingerprint density at radius 3 is 2.79 bits per heavy atom. The Balaban J connectivity index is 1.98. The molecule has 0 aliphatic heterocycles. The average Bonchev–Trinajstić information content (AvgIpc) is 2.43. The van der Waals surface area contributed by atoms with Crippen LogP contribution in [0.15, 0.2) is 47.2 Å². The molecule has 2 aromatic heterocycles. The first-order valence-electron chi connectivity index (χ1n) is 5.53. The number of hydrogen-bond donors (Lipinski definition) is 1. The van der Waals surface area contributed by atoms with E-state index in [0.717, 1.165) is 9.99 Å². The predicted molar refractivity (Wildman–Crippen MR) is 76.0 cm³/mol. The zero-order valence-corrected chi connectivity index (χ0v) is 11.3.